The Labute approximate surface area is 326 Å². The van der Waals surface area contributed by atoms with Crippen molar-refractivity contribution in [2.24, 2.45) is 16.8 Å². The molecule has 13 nitrogen and oxygen atoms in total. The monoisotopic (exact) mass is 769 g/mol. The maximum absolute atomic E-state index is 13.7. The number of hydrogen-bond donors (Lipinski definition) is 3. The zero-order valence-electron chi connectivity index (χ0n) is 32.4. The van der Waals surface area contributed by atoms with E-state index in [1.807, 2.05) is 49.9 Å². The van der Waals surface area contributed by atoms with E-state index in [0.717, 1.165) is 61.3 Å². The molecule has 4 atom stereocenters. The fourth-order valence-electron chi connectivity index (χ4n) is 8.36. The van der Waals surface area contributed by atoms with Crippen molar-refractivity contribution in [2.45, 2.75) is 96.8 Å². The van der Waals surface area contributed by atoms with Crippen molar-refractivity contribution in [1.82, 2.24) is 30.4 Å². The highest BCUT2D eigenvalue weighted by Gasteiger charge is 2.40. The van der Waals surface area contributed by atoms with Crippen LogP contribution in [0.3, 0.4) is 0 Å². The highest BCUT2D eigenvalue weighted by atomic mass is 32.1. The summed E-state index contributed by atoms with van der Waals surface area (Å²) in [6.07, 6.45) is 8.58. The number of nitrogens with zero attached hydrogens (tertiary/aromatic N) is 4. The second-order valence-corrected chi connectivity index (χ2v) is 16.6. The molecule has 4 amide bonds. The minimum Gasteiger partial charge on any atom is -0.453 e. The first kappa shape index (κ1) is 38.3. The molecule has 3 N–H and O–H groups in total. The lowest BCUT2D eigenvalue weighted by Crippen LogP contribution is -2.53. The molecule has 2 fully saturated rings. The summed E-state index contributed by atoms with van der Waals surface area (Å²) >= 11 is 1.80. The third-order valence-corrected chi connectivity index (χ3v) is 12.6. The van der Waals surface area contributed by atoms with Crippen molar-refractivity contribution in [2.75, 3.05) is 27.3 Å². The fourth-order valence-corrected chi connectivity index (χ4v) is 9.64. The van der Waals surface area contributed by atoms with Crippen LogP contribution in [0.4, 0.5) is 9.59 Å². The van der Waals surface area contributed by atoms with E-state index >= 15 is 0 Å². The van der Waals surface area contributed by atoms with E-state index in [1.54, 1.807) is 11.3 Å². The quantitative estimate of drug-likeness (QED) is 0.212. The Kier molecular flexibility index (Phi) is 11.2. The zero-order valence-corrected chi connectivity index (χ0v) is 33.3. The van der Waals surface area contributed by atoms with Crippen LogP contribution >= 0.6 is 11.3 Å². The molecule has 14 heteroatoms. The average Bonchev–Trinajstić information content (AvgIpc) is 4.03. The summed E-state index contributed by atoms with van der Waals surface area (Å²) in [4.78, 5) is 70.6. The number of allylic oxidation sites excluding steroid dienone is 1. The second-order valence-electron chi connectivity index (χ2n) is 15.6. The van der Waals surface area contributed by atoms with Gasteiger partial charge in [-0.25, -0.2) is 14.6 Å². The predicted molar refractivity (Wildman–Crippen MR) is 212 cm³/mol. The summed E-state index contributed by atoms with van der Waals surface area (Å²) < 4.78 is 9.56. The lowest BCUT2D eigenvalue weighted by Gasteiger charge is -2.31. The van der Waals surface area contributed by atoms with Gasteiger partial charge in [-0.1, -0.05) is 39.8 Å². The Balaban J connectivity index is 1.03. The number of aryl methyl sites for hydroxylation is 2. The Hall–Kier alpha value is -4.98. The number of methoxy groups -OCH3 is 2. The van der Waals surface area contributed by atoms with Crippen LogP contribution in [0.5, 0.6) is 0 Å². The highest BCUT2D eigenvalue weighted by Crippen LogP contribution is 2.44. The number of alkyl carbamates (subject to hydrolysis) is 2. The van der Waals surface area contributed by atoms with Gasteiger partial charge in [0.2, 0.25) is 11.8 Å². The first-order valence-electron chi connectivity index (χ1n) is 19.3. The molecule has 1 aliphatic carbocycles. The summed E-state index contributed by atoms with van der Waals surface area (Å²) in [7, 11) is 2.60. The minimum absolute atomic E-state index is 0.0811. The van der Waals surface area contributed by atoms with E-state index in [2.05, 4.69) is 39.9 Å². The molecular weight excluding hydrogens is 719 g/mol. The molecule has 3 aromatic rings. The van der Waals surface area contributed by atoms with Crippen molar-refractivity contribution in [3.8, 4) is 21.7 Å². The number of amides is 4. The normalized spacial score (nSPS) is 20.1. The standard InChI is InChI=1S/C41H51N7O6S/c1-22(2)34(45-40(51)53-5)38(49)47-15-7-9-31(47)29-18-27(20-42-29)33-19-26-12-11-24-17-25(13-14-28(24)36(26)55-33)30-21-43-37(44-30)32-10-8-16-48(32)39(50)35(23(3)4)46-41(52)54-6/h13-14,17,19-23,31-32,34-35H,7-12,15-16,18H2,1-6H3,(H,43,44)(H,45,51)(H,46,52)/t31-,32-,34-,35-/m0/s1. The van der Waals surface area contributed by atoms with Gasteiger partial charge < -0.3 is 34.9 Å². The first-order chi connectivity index (χ1) is 26.5. The third-order valence-electron chi connectivity index (χ3n) is 11.4. The number of fused-ring (bicyclic) bond motifs is 3. The molecule has 0 saturated carbocycles. The van der Waals surface area contributed by atoms with Crippen LogP contribution in [-0.2, 0) is 31.9 Å². The lowest BCUT2D eigenvalue weighted by atomic mass is 9.89. The fraction of sp³-hybridized carbons (Fsp3) is 0.512. The van der Waals surface area contributed by atoms with Gasteiger partial charge in [-0.15, -0.1) is 11.3 Å². The van der Waals surface area contributed by atoms with Crippen LogP contribution in [-0.4, -0.2) is 94.9 Å². The number of aromatic nitrogens is 2. The van der Waals surface area contributed by atoms with Crippen molar-refractivity contribution in [1.29, 1.82) is 0 Å². The average molecular weight is 770 g/mol. The molecule has 0 bridgehead atoms. The summed E-state index contributed by atoms with van der Waals surface area (Å²) in [6.45, 7) is 8.92. The molecule has 1 aromatic carbocycles. The topological polar surface area (TPSA) is 158 Å². The van der Waals surface area contributed by atoms with Crippen LogP contribution < -0.4 is 10.6 Å². The first-order valence-corrected chi connectivity index (χ1v) is 20.2. The number of benzene rings is 1. The summed E-state index contributed by atoms with van der Waals surface area (Å²) in [5.74, 6) is 0.352. The SMILES string of the molecule is COC(=O)N[C@H](C(=O)N1CCC[C@H]1C1=NC=C(c2cc3c(s2)-c2ccc(-c4cnc([C@@H]5CCCN5C(=O)[C@@H](NC(=O)OC)C(C)C)[nH]4)cc2CC3)C1)C(C)C. The van der Waals surface area contributed by atoms with Gasteiger partial charge in [-0.2, -0.15) is 0 Å². The minimum atomic E-state index is -0.681. The number of carbonyl (C=O) groups excluding carboxylic acids is 4. The molecule has 0 radical (unpaired) electrons. The van der Waals surface area contributed by atoms with Crippen LogP contribution in [0.25, 0.3) is 27.3 Å². The van der Waals surface area contributed by atoms with Crippen molar-refractivity contribution < 1.29 is 28.7 Å². The van der Waals surface area contributed by atoms with Crippen LogP contribution in [0.2, 0.25) is 0 Å². The summed E-state index contributed by atoms with van der Waals surface area (Å²) in [5, 5.41) is 5.44. The molecule has 3 aliphatic heterocycles. The van der Waals surface area contributed by atoms with E-state index in [1.165, 1.54) is 46.2 Å². The lowest BCUT2D eigenvalue weighted by molar-refractivity contribution is -0.135. The van der Waals surface area contributed by atoms with Gasteiger partial charge in [0, 0.05) is 41.2 Å². The number of likely N-dealkylation sites (tertiary alicyclic amines) is 2. The number of hydrogen-bond acceptors (Lipinski definition) is 9. The van der Waals surface area contributed by atoms with Gasteiger partial charge >= 0.3 is 12.2 Å². The molecule has 7 rings (SSSR count). The van der Waals surface area contributed by atoms with Gasteiger partial charge in [-0.05, 0) is 90.3 Å². The number of rotatable bonds is 10. The van der Waals surface area contributed by atoms with Crippen molar-refractivity contribution in [3.05, 3.63) is 58.5 Å². The second kappa shape index (κ2) is 16.0. The molecule has 2 aromatic heterocycles. The number of ether oxygens (including phenoxy) is 2. The Morgan fingerprint density at radius 1 is 0.855 bits per heavy atom. The van der Waals surface area contributed by atoms with Crippen LogP contribution in [0.15, 0.2) is 41.7 Å². The number of carbonyl (C=O) groups is 4. The van der Waals surface area contributed by atoms with E-state index in [4.69, 9.17) is 19.5 Å². The molecule has 0 unspecified atom stereocenters. The smallest absolute Gasteiger partial charge is 0.407 e. The largest absolute Gasteiger partial charge is 0.453 e. The number of thiophene rings is 1. The number of nitrogens with one attached hydrogen (secondary N) is 3. The Bertz CT molecular complexity index is 2030. The van der Waals surface area contributed by atoms with E-state index < -0.39 is 24.3 Å². The molecule has 2 saturated heterocycles. The van der Waals surface area contributed by atoms with Gasteiger partial charge in [-0.3, -0.25) is 14.6 Å². The highest BCUT2D eigenvalue weighted by molar-refractivity contribution is 7.16. The van der Waals surface area contributed by atoms with E-state index in [0.29, 0.717) is 19.5 Å². The van der Waals surface area contributed by atoms with Crippen LogP contribution in [0.1, 0.15) is 87.7 Å². The maximum atomic E-state index is 13.7. The molecule has 55 heavy (non-hydrogen) atoms. The Morgan fingerprint density at radius 2 is 1.47 bits per heavy atom. The zero-order chi connectivity index (χ0) is 39.0. The maximum Gasteiger partial charge on any atom is 0.407 e. The molecule has 4 aliphatic rings. The predicted octanol–water partition coefficient (Wildman–Crippen LogP) is 6.51. The van der Waals surface area contributed by atoms with Gasteiger partial charge in [0.25, 0.3) is 0 Å². The van der Waals surface area contributed by atoms with Crippen molar-refractivity contribution in [3.63, 3.8) is 0 Å². The van der Waals surface area contributed by atoms with Gasteiger partial charge in [0.05, 0.1) is 38.2 Å². The summed E-state index contributed by atoms with van der Waals surface area (Å²) in [6, 6.07) is 7.29. The van der Waals surface area contributed by atoms with E-state index in [9.17, 15) is 19.2 Å². The molecule has 0 spiro atoms. The van der Waals surface area contributed by atoms with Gasteiger partial charge in [0.1, 0.15) is 17.9 Å². The number of imidazole rings is 1. The molecule has 292 valence electrons. The van der Waals surface area contributed by atoms with Crippen molar-refractivity contribution >= 4 is 46.6 Å². The number of aromatic amines is 1. The number of aliphatic imine (C=N–C) groups is 1. The Morgan fingerprint density at radius 3 is 2.11 bits per heavy atom. The molecular formula is C41H51N7O6S. The third kappa shape index (κ3) is 7.65. The number of H-pyrrole nitrogens is 1. The van der Waals surface area contributed by atoms with Gasteiger partial charge in [0.15, 0.2) is 0 Å². The van der Waals surface area contributed by atoms with Crippen LogP contribution in [0, 0.1) is 11.8 Å². The van der Waals surface area contributed by atoms with E-state index in [-0.39, 0.29) is 35.7 Å². The summed E-state index contributed by atoms with van der Waals surface area (Å²) in [5.41, 5.74) is 8.01. The molecule has 5 heterocycles.